The third-order valence-electron chi connectivity index (χ3n) is 14.4. The van der Waals surface area contributed by atoms with Crippen molar-refractivity contribution in [3.8, 4) is 17.6 Å². The van der Waals surface area contributed by atoms with Crippen molar-refractivity contribution in [1.82, 2.24) is 29.5 Å². The minimum Gasteiger partial charge on any atom is -0.453 e. The van der Waals surface area contributed by atoms with E-state index in [1.807, 2.05) is 12.1 Å². The van der Waals surface area contributed by atoms with Crippen LogP contribution >= 0.6 is 0 Å². The number of likely N-dealkylation sites (tertiary alicyclic amines) is 1. The van der Waals surface area contributed by atoms with Crippen molar-refractivity contribution >= 4 is 55.3 Å². The average Bonchev–Trinajstić information content (AvgIpc) is 3.51. The Kier molecular flexibility index (Phi) is 9.65. The number of amides is 3. The molecule has 2 spiro atoms. The first-order valence-electron chi connectivity index (χ1n) is 21.2. The Morgan fingerprint density at radius 3 is 2.40 bits per heavy atom. The fourth-order valence-electron chi connectivity index (χ4n) is 10.7. The van der Waals surface area contributed by atoms with Gasteiger partial charge < -0.3 is 14.5 Å². The van der Waals surface area contributed by atoms with Crippen molar-refractivity contribution in [2.24, 2.45) is 23.0 Å². The van der Waals surface area contributed by atoms with Crippen LogP contribution in [0.2, 0.25) is 0 Å². The molecule has 0 bridgehead atoms. The lowest BCUT2D eigenvalue weighted by Crippen LogP contribution is -2.67. The predicted molar refractivity (Wildman–Crippen MR) is 229 cm³/mol. The van der Waals surface area contributed by atoms with Crippen molar-refractivity contribution in [3.63, 3.8) is 0 Å². The van der Waals surface area contributed by atoms with Crippen LogP contribution in [0.4, 0.5) is 25.1 Å². The van der Waals surface area contributed by atoms with Crippen LogP contribution in [0.15, 0.2) is 53.6 Å². The number of piperidine rings is 1. The van der Waals surface area contributed by atoms with E-state index in [0.717, 1.165) is 70.8 Å². The number of halogens is 2. The Morgan fingerprint density at radius 1 is 0.968 bits per heavy atom. The van der Waals surface area contributed by atoms with Gasteiger partial charge in [0.25, 0.3) is 5.56 Å². The van der Waals surface area contributed by atoms with Crippen molar-refractivity contribution < 1.29 is 31.5 Å². The number of imide groups is 1. The Bertz CT molecular complexity index is 2950. The normalized spacial score (nSPS) is 21.6. The number of nitrogens with zero attached hydrogens (tertiary/aromatic N) is 8. The molecule has 2 saturated carbocycles. The number of carbonyl (C=O) groups excluding carboxylic acids is 2. The zero-order valence-electron chi connectivity index (χ0n) is 34.8. The topological polar surface area (TPSA) is 202 Å². The summed E-state index contributed by atoms with van der Waals surface area (Å²) in [5.74, 6) is -1.41. The van der Waals surface area contributed by atoms with E-state index in [-0.39, 0.29) is 76.2 Å². The molecular formula is C44H46F2N10O6S. The van der Waals surface area contributed by atoms with Crippen molar-refractivity contribution in [3.05, 3.63) is 81.9 Å². The number of nitriles is 1. The van der Waals surface area contributed by atoms with E-state index in [0.29, 0.717) is 39.4 Å². The van der Waals surface area contributed by atoms with Gasteiger partial charge in [-0.3, -0.25) is 29.1 Å². The molecule has 3 saturated heterocycles. The van der Waals surface area contributed by atoms with Gasteiger partial charge in [0, 0.05) is 56.0 Å². The molecule has 3 aromatic carbocycles. The summed E-state index contributed by atoms with van der Waals surface area (Å²) in [7, 11) is -2.13. The van der Waals surface area contributed by atoms with Gasteiger partial charge in [0.15, 0.2) is 17.4 Å². The Balaban J connectivity index is 0.745. The molecule has 2 aliphatic carbocycles. The SMILES string of the molecule is CC(Cc1ccc(F)c(Oc2ccc3ncn(C4CC5(CCN(C6CC7(C6)CN(c6cc8c(cc6F)c(N6CCC(=O)NC6=O)nn8C)C7)CC5)C4)c(=O)c3c2)c1C#N)S(N)(=O)=O. The molecule has 328 valence electrons. The van der Waals surface area contributed by atoms with E-state index in [1.165, 1.54) is 30.0 Å². The molecule has 63 heavy (non-hydrogen) atoms. The molecule has 10 rings (SSSR count). The second kappa shape index (κ2) is 14.8. The van der Waals surface area contributed by atoms with Crippen molar-refractivity contribution in [2.75, 3.05) is 42.5 Å². The Labute approximate surface area is 361 Å². The number of nitrogens with one attached hydrogen (secondary N) is 1. The predicted octanol–water partition coefficient (Wildman–Crippen LogP) is 4.98. The number of ether oxygens (including phenoxy) is 1. The monoisotopic (exact) mass is 880 g/mol. The van der Waals surface area contributed by atoms with Gasteiger partial charge in [-0.15, -0.1) is 0 Å². The lowest BCUT2D eigenvalue weighted by atomic mass is 9.57. The van der Waals surface area contributed by atoms with E-state index in [4.69, 9.17) is 9.88 Å². The van der Waals surface area contributed by atoms with Crippen LogP contribution in [0, 0.1) is 33.8 Å². The van der Waals surface area contributed by atoms with Crippen molar-refractivity contribution in [2.45, 2.75) is 75.6 Å². The van der Waals surface area contributed by atoms with Gasteiger partial charge in [-0.05, 0) is 112 Å². The highest BCUT2D eigenvalue weighted by molar-refractivity contribution is 7.89. The lowest BCUT2D eigenvalue weighted by molar-refractivity contribution is -0.120. The van der Waals surface area contributed by atoms with Gasteiger partial charge in [-0.1, -0.05) is 6.07 Å². The molecule has 5 aliphatic rings. The third kappa shape index (κ3) is 7.08. The zero-order valence-corrected chi connectivity index (χ0v) is 35.6. The Morgan fingerprint density at radius 2 is 1.70 bits per heavy atom. The highest BCUT2D eigenvalue weighted by Crippen LogP contribution is 2.57. The fraction of sp³-hybridized carbons (Fsp3) is 0.455. The fourth-order valence-corrected chi connectivity index (χ4v) is 11.1. The number of fused-ring (bicyclic) bond motifs is 2. The summed E-state index contributed by atoms with van der Waals surface area (Å²) in [6, 6.07) is 12.2. The minimum absolute atomic E-state index is 0.00826. The quantitative estimate of drug-likeness (QED) is 0.202. The van der Waals surface area contributed by atoms with E-state index in [9.17, 15) is 28.1 Å². The molecule has 5 fully saturated rings. The van der Waals surface area contributed by atoms with Gasteiger partial charge in [-0.2, -0.15) is 10.4 Å². The number of hydrogen-bond acceptors (Lipinski definition) is 11. The molecule has 0 radical (unpaired) electrons. The first kappa shape index (κ1) is 41.1. The number of aryl methyl sites for hydroxylation is 1. The number of hydrogen-bond donors (Lipinski definition) is 2. The molecule has 1 unspecified atom stereocenters. The van der Waals surface area contributed by atoms with E-state index in [1.54, 1.807) is 34.8 Å². The molecule has 3 N–H and O–H groups in total. The summed E-state index contributed by atoms with van der Waals surface area (Å²) >= 11 is 0. The van der Waals surface area contributed by atoms with Crippen LogP contribution in [0.5, 0.6) is 11.5 Å². The summed E-state index contributed by atoms with van der Waals surface area (Å²) in [4.78, 5) is 48.7. The number of benzene rings is 3. The second-order valence-electron chi connectivity index (χ2n) is 18.4. The summed E-state index contributed by atoms with van der Waals surface area (Å²) < 4.78 is 63.6. The third-order valence-corrected chi connectivity index (χ3v) is 15.7. The maximum Gasteiger partial charge on any atom is 0.329 e. The highest BCUT2D eigenvalue weighted by atomic mass is 32.2. The zero-order chi connectivity index (χ0) is 44.2. The number of anilines is 2. The highest BCUT2D eigenvalue weighted by Gasteiger charge is 2.56. The van der Waals surface area contributed by atoms with Gasteiger partial charge >= 0.3 is 6.03 Å². The number of urea groups is 1. The van der Waals surface area contributed by atoms with E-state index in [2.05, 4.69) is 25.2 Å². The lowest BCUT2D eigenvalue weighted by Gasteiger charge is -2.63. The maximum absolute atomic E-state index is 15.7. The molecular weight excluding hydrogens is 835 g/mol. The van der Waals surface area contributed by atoms with Crippen molar-refractivity contribution in [1.29, 1.82) is 5.26 Å². The van der Waals surface area contributed by atoms with Crippen LogP contribution in [0.25, 0.3) is 21.8 Å². The van der Waals surface area contributed by atoms with Crippen LogP contribution in [-0.2, 0) is 28.3 Å². The standard InChI is InChI=1S/C44H46F2N10O6S/c1-25(63(48,60)61)13-26-3-5-33(45)39(32(26)21-47)62-29-4-6-35-30(14-29)41(58)56(24-49-35)28-19-43(20-28)8-11-53(12-9-43)27-17-44(18-27)22-54(23-44)37-16-36-31(15-34(37)46)40(51-52(36)2)55-10-7-38(57)50-42(55)59/h3-6,14-16,24-25,27-28H,7-13,17-20,22-23H2,1-2H3,(H2,48,60,61)(H,50,57,59). The molecule has 3 aliphatic heterocycles. The molecule has 3 amide bonds. The second-order valence-corrected chi connectivity index (χ2v) is 20.4. The number of carbonyl (C=O) groups is 2. The van der Waals surface area contributed by atoms with Crippen LogP contribution in [0.1, 0.15) is 69.0 Å². The van der Waals surface area contributed by atoms with Crippen LogP contribution in [0.3, 0.4) is 0 Å². The van der Waals surface area contributed by atoms with Crippen LogP contribution in [-0.4, -0.2) is 88.6 Å². The van der Waals surface area contributed by atoms with Crippen LogP contribution < -0.4 is 30.6 Å². The molecule has 2 aromatic heterocycles. The molecule has 5 heterocycles. The number of sulfonamides is 1. The largest absolute Gasteiger partial charge is 0.453 e. The average molecular weight is 881 g/mol. The molecule has 16 nitrogen and oxygen atoms in total. The van der Waals surface area contributed by atoms with Gasteiger partial charge in [0.1, 0.15) is 23.2 Å². The maximum atomic E-state index is 15.7. The van der Waals surface area contributed by atoms with Gasteiger partial charge in [-0.25, -0.2) is 32.1 Å². The first-order valence-corrected chi connectivity index (χ1v) is 22.8. The molecule has 5 aromatic rings. The number of nitrogens with two attached hydrogens (primary N) is 1. The first-order chi connectivity index (χ1) is 30.0. The summed E-state index contributed by atoms with van der Waals surface area (Å²) in [5, 5.41) is 21.8. The smallest absolute Gasteiger partial charge is 0.329 e. The van der Waals surface area contributed by atoms with E-state index < -0.39 is 27.1 Å². The molecule has 19 heteroatoms. The summed E-state index contributed by atoms with van der Waals surface area (Å²) in [5.41, 5.74) is 1.90. The van der Waals surface area contributed by atoms with Gasteiger partial charge in [0.05, 0.1) is 33.7 Å². The minimum atomic E-state index is -3.90. The Hall–Kier alpha value is -5.97. The van der Waals surface area contributed by atoms with Gasteiger partial charge in [0.2, 0.25) is 15.9 Å². The summed E-state index contributed by atoms with van der Waals surface area (Å²) in [6.45, 7) is 5.13. The molecule has 1 atom stereocenters. The number of aromatic nitrogens is 4. The summed E-state index contributed by atoms with van der Waals surface area (Å²) in [6.07, 6.45) is 7.60. The number of rotatable bonds is 9. The number of primary sulfonamides is 1. The van der Waals surface area contributed by atoms with E-state index >= 15 is 8.78 Å².